The van der Waals surface area contributed by atoms with Crippen molar-refractivity contribution in [3.63, 3.8) is 0 Å². The van der Waals surface area contributed by atoms with Gasteiger partial charge in [-0.15, -0.1) is 0 Å². The molecule has 3 rings (SSSR count). The van der Waals surface area contributed by atoms with E-state index < -0.39 is 35.8 Å². The molecule has 10 N–H and O–H groups in total. The first kappa shape index (κ1) is 28.9. The Morgan fingerprint density at radius 1 is 1.03 bits per heavy atom. The van der Waals surface area contributed by atoms with Crippen molar-refractivity contribution in [2.24, 2.45) is 17.2 Å². The summed E-state index contributed by atoms with van der Waals surface area (Å²) >= 11 is 0. The van der Waals surface area contributed by atoms with Gasteiger partial charge in [-0.1, -0.05) is 12.1 Å². The number of likely N-dealkylation sites (N-methyl/N-ethyl adjacent to an activating group) is 1. The lowest BCUT2D eigenvalue weighted by molar-refractivity contribution is -0.143. The summed E-state index contributed by atoms with van der Waals surface area (Å²) in [5, 5.41) is 26.6. The van der Waals surface area contributed by atoms with Crippen molar-refractivity contribution < 1.29 is 24.6 Å². The van der Waals surface area contributed by atoms with E-state index in [-0.39, 0.29) is 50.4 Å². The van der Waals surface area contributed by atoms with Crippen LogP contribution in [0.4, 0.5) is 0 Å². The van der Waals surface area contributed by atoms with Crippen LogP contribution in [0.3, 0.4) is 0 Å². The zero-order chi connectivity index (χ0) is 27.8. The summed E-state index contributed by atoms with van der Waals surface area (Å²) in [7, 11) is 0. The molecule has 1 aliphatic rings. The predicted molar refractivity (Wildman–Crippen MR) is 144 cm³/mol. The number of rotatable bonds is 7. The first-order chi connectivity index (χ1) is 18.2. The molecule has 11 nitrogen and oxygen atoms in total. The highest BCUT2D eigenvalue weighted by molar-refractivity contribution is 5.93. The third-order valence-corrected chi connectivity index (χ3v) is 6.74. The molecule has 1 aliphatic heterocycles. The second-order valence-corrected chi connectivity index (χ2v) is 9.41. The number of nitrogens with two attached hydrogens (primary N) is 3. The van der Waals surface area contributed by atoms with E-state index in [1.807, 2.05) is 0 Å². The average molecular weight is 527 g/mol. The first-order valence-electron chi connectivity index (χ1n) is 12.9. The number of phenolic OH excluding ortho intramolecular Hbond substituents is 2. The maximum atomic E-state index is 13.8. The largest absolute Gasteiger partial charge is 0.508 e. The number of aromatic hydroxyl groups is 2. The van der Waals surface area contributed by atoms with E-state index in [0.717, 1.165) is 11.1 Å². The third kappa shape index (κ3) is 6.80. The van der Waals surface area contributed by atoms with E-state index >= 15 is 0 Å². The van der Waals surface area contributed by atoms with E-state index in [4.69, 9.17) is 17.2 Å². The van der Waals surface area contributed by atoms with Crippen LogP contribution in [0.25, 0.3) is 11.1 Å². The van der Waals surface area contributed by atoms with Crippen LogP contribution in [0, 0.1) is 0 Å². The zero-order valence-electron chi connectivity index (χ0n) is 21.7. The minimum atomic E-state index is -1.04. The van der Waals surface area contributed by atoms with Crippen LogP contribution in [0.15, 0.2) is 36.4 Å². The van der Waals surface area contributed by atoms with Crippen molar-refractivity contribution in [3.8, 4) is 22.6 Å². The predicted octanol–water partition coefficient (Wildman–Crippen LogP) is -0.294. The SMILES string of the molecule is CCN1C(=O)[C@H](CCCN)NC(=O)[C@@H](N)Cc2cc(ccc2O)-c2ccc(O)c(c2)C[C@H]1C(=O)NCCN. The Kier molecular flexibility index (Phi) is 10.1. The fourth-order valence-electron chi connectivity index (χ4n) is 4.64. The van der Waals surface area contributed by atoms with Gasteiger partial charge in [0.15, 0.2) is 0 Å². The molecule has 11 heteroatoms. The van der Waals surface area contributed by atoms with Gasteiger partial charge in [-0.05, 0) is 72.8 Å². The van der Waals surface area contributed by atoms with Gasteiger partial charge in [0.25, 0.3) is 0 Å². The number of carbonyl (C=O) groups is 3. The van der Waals surface area contributed by atoms with E-state index in [1.165, 1.54) is 17.0 Å². The fourth-order valence-corrected chi connectivity index (χ4v) is 4.64. The number of benzene rings is 2. The molecule has 0 spiro atoms. The van der Waals surface area contributed by atoms with Crippen LogP contribution < -0.4 is 27.8 Å². The number of hydrogen-bond acceptors (Lipinski definition) is 8. The smallest absolute Gasteiger partial charge is 0.245 e. The van der Waals surface area contributed by atoms with Crippen LogP contribution in [-0.2, 0) is 27.2 Å². The number of nitrogens with zero attached hydrogens (tertiary/aromatic N) is 1. The molecule has 3 atom stereocenters. The normalized spacial score (nSPS) is 20.3. The monoisotopic (exact) mass is 526 g/mol. The number of amides is 3. The van der Waals surface area contributed by atoms with E-state index in [1.54, 1.807) is 31.2 Å². The molecule has 0 fully saturated rings. The van der Waals surface area contributed by atoms with Crippen molar-refractivity contribution >= 4 is 17.7 Å². The van der Waals surface area contributed by atoms with Crippen LogP contribution in [-0.4, -0.2) is 77.1 Å². The quantitative estimate of drug-likeness (QED) is 0.255. The van der Waals surface area contributed by atoms with Gasteiger partial charge in [0.2, 0.25) is 17.7 Å². The van der Waals surface area contributed by atoms with Crippen molar-refractivity contribution in [2.75, 3.05) is 26.2 Å². The van der Waals surface area contributed by atoms with Gasteiger partial charge < -0.3 is 42.9 Å². The molecule has 2 aromatic carbocycles. The second kappa shape index (κ2) is 13.2. The number of carbonyl (C=O) groups excluding carboxylic acids is 3. The molecule has 3 amide bonds. The summed E-state index contributed by atoms with van der Waals surface area (Å²) in [6.45, 7) is 2.66. The standard InChI is InChI=1S/C27H38N6O5/c1-2-33-22(26(37)31-11-10-29)15-19-13-17(6-8-24(19)35)16-5-7-23(34)18(12-16)14-20(30)25(36)32-21(27(33)38)4-3-9-28/h5-8,12-13,20-22,34-35H,2-4,9-11,14-15,28-30H2,1H3,(H,31,37)(H,32,36)/t20-,21-,22-/m0/s1. The Morgan fingerprint density at radius 3 is 2.18 bits per heavy atom. The number of fused-ring (bicyclic) bond motifs is 5. The molecule has 0 saturated heterocycles. The summed E-state index contributed by atoms with van der Waals surface area (Å²) in [5.74, 6) is -1.47. The minimum absolute atomic E-state index is 0.00938. The fraction of sp³-hybridized carbons (Fsp3) is 0.444. The lowest BCUT2D eigenvalue weighted by Gasteiger charge is -2.33. The van der Waals surface area contributed by atoms with E-state index in [2.05, 4.69) is 10.6 Å². The summed E-state index contributed by atoms with van der Waals surface area (Å²) in [5.41, 5.74) is 19.9. The van der Waals surface area contributed by atoms with Gasteiger partial charge in [-0.25, -0.2) is 0 Å². The molecule has 206 valence electrons. The molecule has 2 aromatic rings. The number of phenols is 2. The molecular formula is C27H38N6O5. The summed E-state index contributed by atoms with van der Waals surface area (Å²) in [6, 6.07) is 6.99. The maximum absolute atomic E-state index is 13.8. The van der Waals surface area contributed by atoms with Crippen LogP contribution >= 0.6 is 0 Å². The van der Waals surface area contributed by atoms with Crippen molar-refractivity contribution in [2.45, 2.75) is 50.7 Å². The molecule has 0 unspecified atom stereocenters. The lowest BCUT2D eigenvalue weighted by atomic mass is 9.95. The summed E-state index contributed by atoms with van der Waals surface area (Å²) in [6.07, 6.45) is 0.773. The average Bonchev–Trinajstić information content (AvgIpc) is 2.91. The van der Waals surface area contributed by atoms with Crippen LogP contribution in [0.5, 0.6) is 11.5 Å². The van der Waals surface area contributed by atoms with Crippen molar-refractivity contribution in [1.29, 1.82) is 0 Å². The molecule has 0 aliphatic carbocycles. The van der Waals surface area contributed by atoms with Gasteiger partial charge in [0, 0.05) is 32.5 Å². The lowest BCUT2D eigenvalue weighted by Crippen LogP contribution is -2.58. The molecule has 1 heterocycles. The Balaban J connectivity index is 2.17. The van der Waals surface area contributed by atoms with Crippen LogP contribution in [0.1, 0.15) is 30.9 Å². The van der Waals surface area contributed by atoms with Crippen molar-refractivity contribution in [1.82, 2.24) is 15.5 Å². The molecule has 0 aromatic heterocycles. The van der Waals surface area contributed by atoms with Crippen molar-refractivity contribution in [3.05, 3.63) is 47.5 Å². The number of nitrogens with one attached hydrogen (secondary N) is 2. The minimum Gasteiger partial charge on any atom is -0.508 e. The third-order valence-electron chi connectivity index (χ3n) is 6.74. The molecular weight excluding hydrogens is 488 g/mol. The molecule has 0 radical (unpaired) electrons. The van der Waals surface area contributed by atoms with Gasteiger partial charge in [-0.2, -0.15) is 0 Å². The number of hydrogen-bond donors (Lipinski definition) is 7. The van der Waals surface area contributed by atoms with Gasteiger partial charge >= 0.3 is 0 Å². The molecule has 38 heavy (non-hydrogen) atoms. The van der Waals surface area contributed by atoms with Gasteiger partial charge in [0.05, 0.1) is 6.04 Å². The summed E-state index contributed by atoms with van der Waals surface area (Å²) < 4.78 is 0. The highest BCUT2D eigenvalue weighted by Gasteiger charge is 2.35. The Morgan fingerprint density at radius 2 is 1.63 bits per heavy atom. The maximum Gasteiger partial charge on any atom is 0.245 e. The Hall–Kier alpha value is -3.67. The Labute approximate surface area is 222 Å². The van der Waals surface area contributed by atoms with Gasteiger partial charge in [0.1, 0.15) is 23.6 Å². The van der Waals surface area contributed by atoms with Gasteiger partial charge in [-0.3, -0.25) is 14.4 Å². The second-order valence-electron chi connectivity index (χ2n) is 9.41. The van der Waals surface area contributed by atoms with E-state index in [0.29, 0.717) is 24.1 Å². The highest BCUT2D eigenvalue weighted by Crippen LogP contribution is 2.31. The summed E-state index contributed by atoms with van der Waals surface area (Å²) in [4.78, 5) is 41.6. The topological polar surface area (TPSA) is 197 Å². The zero-order valence-corrected chi connectivity index (χ0v) is 21.7. The van der Waals surface area contributed by atoms with E-state index in [9.17, 15) is 24.6 Å². The van der Waals surface area contributed by atoms with Crippen LogP contribution in [0.2, 0.25) is 0 Å². The molecule has 4 bridgehead atoms. The highest BCUT2D eigenvalue weighted by atomic mass is 16.3. The molecule has 0 saturated carbocycles. The Bertz CT molecular complexity index is 1160. The first-order valence-corrected chi connectivity index (χ1v) is 12.9.